The van der Waals surface area contributed by atoms with Crippen LogP contribution in [0, 0.1) is 0 Å². The van der Waals surface area contributed by atoms with E-state index in [2.05, 4.69) is 76.9 Å². The number of thiol groups is 3. The Morgan fingerprint density at radius 3 is 1.50 bits per heavy atom. The SMILES string of the molecule is CC(S)Sc1cccc(SC(C)S)c1SC(C)S. The Kier molecular flexibility index (Phi) is 8.27. The van der Waals surface area contributed by atoms with Crippen molar-refractivity contribution >= 4 is 73.2 Å². The number of benzene rings is 1. The number of rotatable bonds is 6. The molecule has 1 aromatic rings. The summed E-state index contributed by atoms with van der Waals surface area (Å²) < 4.78 is 0.845. The minimum absolute atomic E-state index is 0.275. The maximum atomic E-state index is 4.49. The summed E-state index contributed by atoms with van der Waals surface area (Å²) in [5.41, 5.74) is 0. The van der Waals surface area contributed by atoms with Gasteiger partial charge in [0.1, 0.15) is 0 Å². The number of thioether (sulfide) groups is 3. The van der Waals surface area contributed by atoms with E-state index in [0.717, 1.165) is 0 Å². The van der Waals surface area contributed by atoms with Crippen molar-refractivity contribution in [1.82, 2.24) is 0 Å². The van der Waals surface area contributed by atoms with Crippen LogP contribution < -0.4 is 0 Å². The van der Waals surface area contributed by atoms with E-state index in [1.807, 2.05) is 0 Å². The van der Waals surface area contributed by atoms with Gasteiger partial charge in [-0.2, -0.15) is 37.9 Å². The van der Waals surface area contributed by atoms with Gasteiger partial charge in [-0.3, -0.25) is 0 Å². The molecule has 1 rings (SSSR count). The standard InChI is InChI=1S/C12H18S6/c1-7(13)16-10-5-4-6-11(17-8(2)14)12(10)18-9(3)15/h4-9,13-15H,1-3H3. The van der Waals surface area contributed by atoms with E-state index in [-0.39, 0.29) is 13.7 Å². The Hall–Kier alpha value is 1.32. The lowest BCUT2D eigenvalue weighted by molar-refractivity contribution is 1.11. The van der Waals surface area contributed by atoms with Crippen molar-refractivity contribution in [2.24, 2.45) is 0 Å². The van der Waals surface area contributed by atoms with Gasteiger partial charge in [0.15, 0.2) is 0 Å². The van der Waals surface area contributed by atoms with E-state index in [4.69, 9.17) is 0 Å². The topological polar surface area (TPSA) is 0 Å². The summed E-state index contributed by atoms with van der Waals surface area (Å²) in [6, 6.07) is 6.41. The van der Waals surface area contributed by atoms with Crippen LogP contribution in [-0.4, -0.2) is 13.7 Å². The highest BCUT2D eigenvalue weighted by molar-refractivity contribution is 8.13. The molecule has 0 aliphatic rings. The second-order valence-corrected chi connectivity index (χ2v) is 11.2. The Labute approximate surface area is 139 Å². The molecule has 0 amide bonds. The lowest BCUT2D eigenvalue weighted by Crippen LogP contribution is -1.93. The summed E-state index contributed by atoms with van der Waals surface area (Å²) in [6.45, 7) is 6.28. The Balaban J connectivity index is 3.08. The molecule has 6 heteroatoms. The minimum Gasteiger partial charge on any atom is -0.165 e. The molecule has 0 aliphatic heterocycles. The van der Waals surface area contributed by atoms with Gasteiger partial charge < -0.3 is 0 Å². The van der Waals surface area contributed by atoms with E-state index >= 15 is 0 Å². The molecule has 0 heterocycles. The van der Waals surface area contributed by atoms with E-state index < -0.39 is 0 Å². The fourth-order valence-electron chi connectivity index (χ4n) is 1.34. The van der Waals surface area contributed by atoms with Crippen LogP contribution in [0.25, 0.3) is 0 Å². The van der Waals surface area contributed by atoms with Crippen LogP contribution in [0.3, 0.4) is 0 Å². The van der Waals surface area contributed by atoms with Crippen molar-refractivity contribution < 1.29 is 0 Å². The van der Waals surface area contributed by atoms with Gasteiger partial charge in [-0.1, -0.05) is 6.07 Å². The van der Waals surface area contributed by atoms with Gasteiger partial charge in [0.2, 0.25) is 0 Å². The molecule has 0 N–H and O–H groups in total. The summed E-state index contributed by atoms with van der Waals surface area (Å²) in [5.74, 6) is 0. The molecule has 0 bridgehead atoms. The molecule has 3 atom stereocenters. The van der Waals surface area contributed by atoms with Crippen LogP contribution in [0.2, 0.25) is 0 Å². The second kappa shape index (κ2) is 8.57. The zero-order chi connectivity index (χ0) is 13.7. The van der Waals surface area contributed by atoms with E-state index in [9.17, 15) is 0 Å². The molecule has 102 valence electrons. The molecule has 3 unspecified atom stereocenters. The molecule has 1 aromatic carbocycles. The summed E-state index contributed by atoms with van der Waals surface area (Å²) in [4.78, 5) is 3.86. The molecule has 0 fully saturated rings. The van der Waals surface area contributed by atoms with Crippen LogP contribution >= 0.6 is 73.2 Å². The predicted octanol–water partition coefficient (Wildman–Crippen LogP) is 5.79. The Morgan fingerprint density at radius 1 is 0.778 bits per heavy atom. The van der Waals surface area contributed by atoms with Crippen LogP contribution in [0.1, 0.15) is 20.8 Å². The molecule has 0 spiro atoms. The summed E-state index contributed by atoms with van der Waals surface area (Å²) in [6.07, 6.45) is 0. The Bertz CT molecular complexity index is 347. The normalized spacial score (nSPS) is 16.3. The maximum Gasteiger partial charge on any atom is 0.0492 e. The van der Waals surface area contributed by atoms with Gasteiger partial charge in [-0.15, -0.1) is 35.3 Å². The first-order valence-electron chi connectivity index (χ1n) is 5.57. The predicted molar refractivity (Wildman–Crippen MR) is 99.4 cm³/mol. The third-order valence-electron chi connectivity index (χ3n) is 1.83. The van der Waals surface area contributed by atoms with Crippen molar-refractivity contribution in [1.29, 1.82) is 0 Å². The van der Waals surface area contributed by atoms with E-state index in [1.165, 1.54) is 14.7 Å². The molecule has 0 aliphatic carbocycles. The van der Waals surface area contributed by atoms with Crippen LogP contribution in [0.4, 0.5) is 0 Å². The van der Waals surface area contributed by atoms with Crippen molar-refractivity contribution in [2.75, 3.05) is 0 Å². The third kappa shape index (κ3) is 6.18. The third-order valence-corrected chi connectivity index (χ3v) is 5.92. The van der Waals surface area contributed by atoms with Crippen molar-refractivity contribution in [3.63, 3.8) is 0 Å². The van der Waals surface area contributed by atoms with Crippen molar-refractivity contribution in [3.8, 4) is 0 Å². The van der Waals surface area contributed by atoms with Gasteiger partial charge in [0, 0.05) is 28.4 Å². The quantitative estimate of drug-likeness (QED) is 0.336. The smallest absolute Gasteiger partial charge is 0.0492 e. The molecular weight excluding hydrogens is 337 g/mol. The van der Waals surface area contributed by atoms with Gasteiger partial charge >= 0.3 is 0 Å². The largest absolute Gasteiger partial charge is 0.165 e. The summed E-state index contributed by atoms with van der Waals surface area (Å²) in [5, 5.41) is 0. The molecule has 0 saturated carbocycles. The maximum absolute atomic E-state index is 4.49. The highest BCUT2D eigenvalue weighted by atomic mass is 32.2. The molecule has 0 saturated heterocycles. The minimum atomic E-state index is 0.275. The first-order valence-corrected chi connectivity index (χ1v) is 9.76. The zero-order valence-electron chi connectivity index (χ0n) is 10.5. The Morgan fingerprint density at radius 2 is 1.17 bits per heavy atom. The lowest BCUT2D eigenvalue weighted by atomic mass is 10.4. The number of hydrogen-bond donors (Lipinski definition) is 3. The fourth-order valence-corrected chi connectivity index (χ4v) is 5.17. The highest BCUT2D eigenvalue weighted by Gasteiger charge is 2.14. The highest BCUT2D eigenvalue weighted by Crippen LogP contribution is 2.43. The van der Waals surface area contributed by atoms with E-state index in [0.29, 0.717) is 0 Å². The number of hydrogen-bond acceptors (Lipinski definition) is 6. The lowest BCUT2D eigenvalue weighted by Gasteiger charge is -2.17. The first-order chi connectivity index (χ1) is 8.40. The first kappa shape index (κ1) is 17.4. The van der Waals surface area contributed by atoms with Crippen LogP contribution in [0.5, 0.6) is 0 Å². The summed E-state index contributed by atoms with van der Waals surface area (Å²) in [7, 11) is 0. The van der Waals surface area contributed by atoms with Crippen molar-refractivity contribution in [3.05, 3.63) is 18.2 Å². The second-order valence-electron chi connectivity index (χ2n) is 3.73. The molecule has 0 nitrogen and oxygen atoms in total. The zero-order valence-corrected chi connectivity index (χ0v) is 15.7. The monoisotopic (exact) mass is 354 g/mol. The van der Waals surface area contributed by atoms with Crippen LogP contribution in [-0.2, 0) is 0 Å². The van der Waals surface area contributed by atoms with Gasteiger partial charge in [-0.05, 0) is 32.9 Å². The average molecular weight is 355 g/mol. The van der Waals surface area contributed by atoms with Crippen LogP contribution in [0.15, 0.2) is 32.9 Å². The van der Waals surface area contributed by atoms with Gasteiger partial charge in [0.25, 0.3) is 0 Å². The summed E-state index contributed by atoms with van der Waals surface area (Å²) >= 11 is 18.8. The molecule has 0 radical (unpaired) electrons. The van der Waals surface area contributed by atoms with E-state index in [1.54, 1.807) is 35.3 Å². The molecular formula is C12H18S6. The molecule has 18 heavy (non-hydrogen) atoms. The molecule has 0 aromatic heterocycles. The van der Waals surface area contributed by atoms with Crippen molar-refractivity contribution in [2.45, 2.75) is 49.2 Å². The average Bonchev–Trinajstić information content (AvgIpc) is 2.20. The van der Waals surface area contributed by atoms with Gasteiger partial charge in [-0.25, -0.2) is 0 Å². The van der Waals surface area contributed by atoms with Gasteiger partial charge in [0.05, 0.1) is 0 Å². The fraction of sp³-hybridized carbons (Fsp3) is 0.500.